The first-order chi connectivity index (χ1) is 15.3. The van der Waals surface area contributed by atoms with Gasteiger partial charge in [0.05, 0.1) is 12.2 Å². The molecule has 0 bridgehead atoms. The van der Waals surface area contributed by atoms with Crippen LogP contribution in [0.1, 0.15) is 54.3 Å². The van der Waals surface area contributed by atoms with Crippen LogP contribution < -0.4 is 15.4 Å². The zero-order valence-electron chi connectivity index (χ0n) is 18.8. The molecule has 1 aromatic heterocycles. The second-order valence-corrected chi connectivity index (χ2v) is 8.19. The van der Waals surface area contributed by atoms with Crippen LogP contribution in [0.25, 0.3) is 11.4 Å². The molecule has 0 saturated carbocycles. The Balaban J connectivity index is 1.51. The van der Waals surface area contributed by atoms with E-state index >= 15 is 0 Å². The Morgan fingerprint density at radius 2 is 1.62 bits per heavy atom. The quantitative estimate of drug-likeness (QED) is 0.523. The lowest BCUT2D eigenvalue weighted by atomic mass is 9.87. The van der Waals surface area contributed by atoms with Crippen LogP contribution in [-0.4, -0.2) is 41.7 Å². The summed E-state index contributed by atoms with van der Waals surface area (Å²) >= 11 is 0. The Kier molecular flexibility index (Phi) is 7.25. The molecule has 0 unspecified atom stereocenters. The maximum atomic E-state index is 12.4. The first-order valence-electron chi connectivity index (χ1n) is 10.5. The fraction of sp³-hybridized carbons (Fsp3) is 0.333. The average molecular weight is 437 g/mol. The zero-order chi connectivity index (χ0) is 23.1. The number of nitrogens with one attached hydrogen (secondary N) is 2. The summed E-state index contributed by atoms with van der Waals surface area (Å²) in [7, 11) is 0. The molecule has 8 nitrogen and oxygen atoms in total. The van der Waals surface area contributed by atoms with Crippen LogP contribution in [0.3, 0.4) is 0 Å². The van der Waals surface area contributed by atoms with Crippen LogP contribution >= 0.6 is 0 Å². The standard InChI is InChI=1S/C24H28N4O4/c1-5-31-19-9-7-6-8-18(19)21(29)25-14-15-26-22(30)23-27-20(28-32-23)16-10-12-17(13-11-16)24(2,3)4/h6-13H,5,14-15H2,1-4H3,(H,25,29)(H,26,30). The normalized spacial score (nSPS) is 11.1. The molecule has 2 amide bonds. The van der Waals surface area contributed by atoms with Gasteiger partial charge in [-0.2, -0.15) is 4.98 Å². The van der Waals surface area contributed by atoms with Gasteiger partial charge in [0.15, 0.2) is 0 Å². The Morgan fingerprint density at radius 3 is 2.28 bits per heavy atom. The van der Waals surface area contributed by atoms with Crippen molar-refractivity contribution in [3.8, 4) is 17.1 Å². The van der Waals surface area contributed by atoms with E-state index in [4.69, 9.17) is 9.26 Å². The molecule has 3 aromatic rings. The van der Waals surface area contributed by atoms with Gasteiger partial charge in [-0.25, -0.2) is 0 Å². The van der Waals surface area contributed by atoms with E-state index in [0.29, 0.717) is 23.7 Å². The van der Waals surface area contributed by atoms with Crippen LogP contribution in [0.4, 0.5) is 0 Å². The van der Waals surface area contributed by atoms with Gasteiger partial charge in [-0.15, -0.1) is 0 Å². The third-order valence-corrected chi connectivity index (χ3v) is 4.76. The number of ether oxygens (including phenoxy) is 1. The minimum atomic E-state index is -0.501. The van der Waals surface area contributed by atoms with E-state index in [1.165, 1.54) is 5.56 Å². The zero-order valence-corrected chi connectivity index (χ0v) is 18.8. The minimum Gasteiger partial charge on any atom is -0.493 e. The molecule has 168 valence electrons. The van der Waals surface area contributed by atoms with Gasteiger partial charge < -0.3 is 19.9 Å². The maximum absolute atomic E-state index is 12.4. The maximum Gasteiger partial charge on any atom is 0.316 e. The predicted octanol–water partition coefficient (Wildman–Crippen LogP) is 3.59. The second kappa shape index (κ2) is 10.1. The molecular formula is C24H28N4O4. The number of benzene rings is 2. The molecule has 1 heterocycles. The van der Waals surface area contributed by atoms with Crippen molar-refractivity contribution in [3.05, 3.63) is 65.5 Å². The molecular weight excluding hydrogens is 408 g/mol. The van der Waals surface area contributed by atoms with Crippen LogP contribution in [-0.2, 0) is 5.41 Å². The summed E-state index contributed by atoms with van der Waals surface area (Å²) in [6.45, 7) is 9.18. The van der Waals surface area contributed by atoms with Crippen molar-refractivity contribution in [2.45, 2.75) is 33.1 Å². The predicted molar refractivity (Wildman–Crippen MR) is 121 cm³/mol. The second-order valence-electron chi connectivity index (χ2n) is 8.19. The van der Waals surface area contributed by atoms with Crippen molar-refractivity contribution >= 4 is 11.8 Å². The highest BCUT2D eigenvalue weighted by atomic mass is 16.5. The largest absolute Gasteiger partial charge is 0.493 e. The number of amides is 2. The summed E-state index contributed by atoms with van der Waals surface area (Å²) in [5, 5.41) is 9.30. The van der Waals surface area contributed by atoms with Crippen molar-refractivity contribution in [1.82, 2.24) is 20.8 Å². The lowest BCUT2D eigenvalue weighted by Crippen LogP contribution is -2.35. The summed E-state index contributed by atoms with van der Waals surface area (Å²) in [6, 6.07) is 14.8. The molecule has 0 aliphatic heterocycles. The summed E-state index contributed by atoms with van der Waals surface area (Å²) in [5.74, 6) is -0.0454. The molecule has 0 aliphatic rings. The van der Waals surface area contributed by atoms with Crippen LogP contribution in [0.15, 0.2) is 53.1 Å². The van der Waals surface area contributed by atoms with Crippen LogP contribution in [0.2, 0.25) is 0 Å². The highest BCUT2D eigenvalue weighted by Gasteiger charge is 2.18. The molecule has 0 fully saturated rings. The fourth-order valence-electron chi connectivity index (χ4n) is 3.01. The number of hydrogen-bond acceptors (Lipinski definition) is 6. The van der Waals surface area contributed by atoms with E-state index in [1.54, 1.807) is 24.3 Å². The van der Waals surface area contributed by atoms with Gasteiger partial charge in [-0.1, -0.05) is 62.3 Å². The smallest absolute Gasteiger partial charge is 0.316 e. The highest BCUT2D eigenvalue weighted by Crippen LogP contribution is 2.25. The van der Waals surface area contributed by atoms with E-state index in [0.717, 1.165) is 5.56 Å². The number of carbonyl (C=O) groups is 2. The number of carbonyl (C=O) groups excluding carboxylic acids is 2. The molecule has 32 heavy (non-hydrogen) atoms. The molecule has 0 aliphatic carbocycles. The van der Waals surface area contributed by atoms with E-state index in [9.17, 15) is 9.59 Å². The van der Waals surface area contributed by atoms with Gasteiger partial charge in [0.1, 0.15) is 5.75 Å². The van der Waals surface area contributed by atoms with Gasteiger partial charge in [0.2, 0.25) is 5.82 Å². The monoisotopic (exact) mass is 436 g/mol. The van der Waals surface area contributed by atoms with Gasteiger partial charge >= 0.3 is 11.8 Å². The number of hydrogen-bond donors (Lipinski definition) is 2. The van der Waals surface area contributed by atoms with Gasteiger partial charge in [0.25, 0.3) is 5.91 Å². The van der Waals surface area contributed by atoms with Crippen molar-refractivity contribution in [3.63, 3.8) is 0 Å². The molecule has 0 spiro atoms. The molecule has 0 radical (unpaired) electrons. The van der Waals surface area contributed by atoms with Crippen molar-refractivity contribution in [1.29, 1.82) is 0 Å². The minimum absolute atomic E-state index is 0.0430. The van der Waals surface area contributed by atoms with Gasteiger partial charge in [-0.05, 0) is 30.0 Å². The van der Waals surface area contributed by atoms with Crippen LogP contribution in [0.5, 0.6) is 5.75 Å². The molecule has 2 N–H and O–H groups in total. The Labute approximate surface area is 187 Å². The Morgan fingerprint density at radius 1 is 0.969 bits per heavy atom. The third-order valence-electron chi connectivity index (χ3n) is 4.76. The number of aromatic nitrogens is 2. The number of rotatable bonds is 8. The third kappa shape index (κ3) is 5.72. The Bertz CT molecular complexity index is 1070. The van der Waals surface area contributed by atoms with Gasteiger partial charge in [0, 0.05) is 18.7 Å². The molecule has 0 saturated heterocycles. The van der Waals surface area contributed by atoms with Crippen LogP contribution in [0, 0.1) is 0 Å². The summed E-state index contributed by atoms with van der Waals surface area (Å²) < 4.78 is 10.6. The Hall–Kier alpha value is -3.68. The van der Waals surface area contributed by atoms with E-state index in [1.807, 2.05) is 31.2 Å². The number of para-hydroxylation sites is 1. The SMILES string of the molecule is CCOc1ccccc1C(=O)NCCNC(=O)c1nc(-c2ccc(C(C)(C)C)cc2)no1. The average Bonchev–Trinajstić information content (AvgIpc) is 3.27. The first kappa shape index (κ1) is 23.0. The topological polar surface area (TPSA) is 106 Å². The molecule has 2 aromatic carbocycles. The van der Waals surface area contributed by atoms with Crippen molar-refractivity contribution in [2.24, 2.45) is 0 Å². The molecule has 0 atom stereocenters. The molecule has 8 heteroatoms. The summed E-state index contributed by atoms with van der Waals surface area (Å²) in [6.07, 6.45) is 0. The molecule has 3 rings (SSSR count). The summed E-state index contributed by atoms with van der Waals surface area (Å²) in [4.78, 5) is 28.8. The van der Waals surface area contributed by atoms with Crippen molar-refractivity contribution in [2.75, 3.05) is 19.7 Å². The van der Waals surface area contributed by atoms with Gasteiger partial charge in [-0.3, -0.25) is 9.59 Å². The van der Waals surface area contributed by atoms with E-state index in [-0.39, 0.29) is 30.3 Å². The summed E-state index contributed by atoms with van der Waals surface area (Å²) in [5.41, 5.74) is 2.44. The lowest BCUT2D eigenvalue weighted by molar-refractivity contribution is 0.0897. The number of nitrogens with zero attached hydrogens (tertiary/aromatic N) is 2. The lowest BCUT2D eigenvalue weighted by Gasteiger charge is -2.18. The van der Waals surface area contributed by atoms with E-state index in [2.05, 4.69) is 41.5 Å². The van der Waals surface area contributed by atoms with E-state index < -0.39 is 5.91 Å². The van der Waals surface area contributed by atoms with Crippen molar-refractivity contribution < 1.29 is 18.8 Å². The highest BCUT2D eigenvalue weighted by molar-refractivity contribution is 5.97. The first-order valence-corrected chi connectivity index (χ1v) is 10.5. The fourth-order valence-corrected chi connectivity index (χ4v) is 3.01.